The zero-order valence-electron chi connectivity index (χ0n) is 11.4. The van der Waals surface area contributed by atoms with Crippen LogP contribution in [0.3, 0.4) is 0 Å². The average Bonchev–Trinajstić information content (AvgIpc) is 2.45. The van der Waals surface area contributed by atoms with E-state index in [1.807, 2.05) is 26.0 Å². The quantitative estimate of drug-likeness (QED) is 0.528. The summed E-state index contributed by atoms with van der Waals surface area (Å²) in [6.07, 6.45) is 3.42. The van der Waals surface area contributed by atoms with Crippen molar-refractivity contribution in [2.75, 3.05) is 10.7 Å². The number of hydrogen-bond donors (Lipinski definition) is 3. The van der Waals surface area contributed by atoms with Gasteiger partial charge in [-0.3, -0.25) is 10.4 Å². The van der Waals surface area contributed by atoms with Gasteiger partial charge in [0, 0.05) is 18.9 Å². The smallest absolute Gasteiger partial charge is 0.323 e. The van der Waals surface area contributed by atoms with Crippen molar-refractivity contribution in [3.8, 4) is 6.01 Å². The fourth-order valence-electron chi connectivity index (χ4n) is 1.45. The largest absolute Gasteiger partial charge is 0.461 e. The molecule has 0 spiro atoms. The second-order valence-corrected chi connectivity index (χ2v) is 4.29. The SMILES string of the molecule is CC(C)Oc1nc(NN)nc(NCc2ccncc2)n1. The molecule has 0 fully saturated rings. The minimum Gasteiger partial charge on any atom is -0.461 e. The van der Waals surface area contributed by atoms with Gasteiger partial charge in [0.25, 0.3) is 0 Å². The zero-order valence-corrected chi connectivity index (χ0v) is 11.4. The molecule has 0 aliphatic heterocycles. The van der Waals surface area contributed by atoms with Crippen LogP contribution in [0.2, 0.25) is 0 Å². The van der Waals surface area contributed by atoms with E-state index in [0.29, 0.717) is 12.5 Å². The summed E-state index contributed by atoms with van der Waals surface area (Å²) in [6, 6.07) is 4.03. The molecule has 0 aliphatic carbocycles. The molecular formula is C12H17N7O. The number of nitrogens with two attached hydrogens (primary N) is 1. The van der Waals surface area contributed by atoms with Crippen molar-refractivity contribution in [3.05, 3.63) is 30.1 Å². The van der Waals surface area contributed by atoms with Crippen LogP contribution in [0.15, 0.2) is 24.5 Å². The van der Waals surface area contributed by atoms with Crippen LogP contribution >= 0.6 is 0 Å². The number of ether oxygens (including phenoxy) is 1. The molecule has 0 radical (unpaired) electrons. The first-order valence-corrected chi connectivity index (χ1v) is 6.19. The molecule has 0 saturated heterocycles. The molecule has 20 heavy (non-hydrogen) atoms. The molecule has 0 saturated carbocycles. The van der Waals surface area contributed by atoms with Gasteiger partial charge in [-0.1, -0.05) is 0 Å². The second-order valence-electron chi connectivity index (χ2n) is 4.29. The van der Waals surface area contributed by atoms with E-state index in [9.17, 15) is 0 Å². The lowest BCUT2D eigenvalue weighted by atomic mass is 10.3. The molecule has 0 atom stereocenters. The molecule has 2 heterocycles. The third-order valence-electron chi connectivity index (χ3n) is 2.29. The number of nitrogens with zero attached hydrogens (tertiary/aromatic N) is 4. The minimum absolute atomic E-state index is 0.0314. The van der Waals surface area contributed by atoms with Crippen LogP contribution in [-0.4, -0.2) is 26.0 Å². The van der Waals surface area contributed by atoms with E-state index in [1.54, 1.807) is 12.4 Å². The van der Waals surface area contributed by atoms with Crippen molar-refractivity contribution in [2.24, 2.45) is 5.84 Å². The van der Waals surface area contributed by atoms with Gasteiger partial charge >= 0.3 is 6.01 Å². The van der Waals surface area contributed by atoms with E-state index in [0.717, 1.165) is 5.56 Å². The summed E-state index contributed by atoms with van der Waals surface area (Å²) in [4.78, 5) is 16.3. The Kier molecular flexibility index (Phi) is 4.61. The van der Waals surface area contributed by atoms with Crippen LogP contribution in [-0.2, 0) is 6.54 Å². The van der Waals surface area contributed by atoms with E-state index in [-0.39, 0.29) is 18.1 Å². The Morgan fingerprint density at radius 2 is 1.85 bits per heavy atom. The summed E-state index contributed by atoms with van der Waals surface area (Å²) in [6.45, 7) is 4.35. The summed E-state index contributed by atoms with van der Waals surface area (Å²) >= 11 is 0. The molecule has 0 amide bonds. The number of anilines is 2. The maximum atomic E-state index is 5.44. The van der Waals surface area contributed by atoms with Crippen LogP contribution in [0.25, 0.3) is 0 Å². The van der Waals surface area contributed by atoms with Gasteiger partial charge in [0.2, 0.25) is 11.9 Å². The minimum atomic E-state index is -0.0314. The van der Waals surface area contributed by atoms with Crippen LogP contribution in [0, 0.1) is 0 Å². The van der Waals surface area contributed by atoms with Crippen molar-refractivity contribution in [2.45, 2.75) is 26.5 Å². The van der Waals surface area contributed by atoms with Gasteiger partial charge in [-0.15, -0.1) is 0 Å². The third-order valence-corrected chi connectivity index (χ3v) is 2.29. The standard InChI is InChI=1S/C12H17N7O/c1-8(2)20-12-17-10(16-11(18-12)19-13)15-7-9-3-5-14-6-4-9/h3-6,8H,7,13H2,1-2H3,(H2,15,16,17,18,19). The predicted molar refractivity (Wildman–Crippen MR) is 75.0 cm³/mol. The van der Waals surface area contributed by atoms with Crippen LogP contribution in [0.5, 0.6) is 6.01 Å². The van der Waals surface area contributed by atoms with E-state index >= 15 is 0 Å². The maximum Gasteiger partial charge on any atom is 0.323 e. The molecule has 0 aromatic carbocycles. The molecule has 106 valence electrons. The molecule has 2 rings (SSSR count). The molecule has 0 bridgehead atoms. The lowest BCUT2D eigenvalue weighted by Gasteiger charge is -2.11. The van der Waals surface area contributed by atoms with Gasteiger partial charge in [0.15, 0.2) is 0 Å². The van der Waals surface area contributed by atoms with Crippen molar-refractivity contribution in [1.29, 1.82) is 0 Å². The van der Waals surface area contributed by atoms with Gasteiger partial charge in [0.1, 0.15) is 0 Å². The number of pyridine rings is 1. The summed E-state index contributed by atoms with van der Waals surface area (Å²) in [7, 11) is 0. The molecule has 2 aromatic rings. The van der Waals surface area contributed by atoms with Crippen molar-refractivity contribution < 1.29 is 4.74 Å². The number of nitrogen functional groups attached to an aromatic ring is 1. The molecule has 4 N–H and O–H groups in total. The van der Waals surface area contributed by atoms with Crippen molar-refractivity contribution in [3.63, 3.8) is 0 Å². The normalized spacial score (nSPS) is 10.4. The Balaban J connectivity index is 2.10. The Labute approximate surface area is 116 Å². The number of hydrazine groups is 1. The fourth-order valence-corrected chi connectivity index (χ4v) is 1.45. The number of nitrogens with one attached hydrogen (secondary N) is 2. The monoisotopic (exact) mass is 275 g/mol. The van der Waals surface area contributed by atoms with Gasteiger partial charge in [-0.25, -0.2) is 5.84 Å². The first-order valence-electron chi connectivity index (χ1n) is 6.19. The Morgan fingerprint density at radius 1 is 1.15 bits per heavy atom. The molecular weight excluding hydrogens is 258 g/mol. The molecule has 0 unspecified atom stereocenters. The van der Waals surface area contributed by atoms with Crippen molar-refractivity contribution in [1.82, 2.24) is 19.9 Å². The number of rotatable bonds is 6. The summed E-state index contributed by atoms with van der Waals surface area (Å²) in [5, 5.41) is 3.08. The zero-order chi connectivity index (χ0) is 14.4. The Hall–Kier alpha value is -2.48. The van der Waals surface area contributed by atoms with Crippen LogP contribution in [0.1, 0.15) is 19.4 Å². The predicted octanol–water partition coefficient (Wildman–Crippen LogP) is 0.951. The summed E-state index contributed by atoms with van der Waals surface area (Å²) in [5.41, 5.74) is 3.45. The molecule has 2 aromatic heterocycles. The highest BCUT2D eigenvalue weighted by atomic mass is 16.5. The highest BCUT2D eigenvalue weighted by Crippen LogP contribution is 2.12. The van der Waals surface area contributed by atoms with Gasteiger partial charge in [-0.05, 0) is 31.5 Å². The van der Waals surface area contributed by atoms with Crippen LogP contribution in [0.4, 0.5) is 11.9 Å². The topological polar surface area (TPSA) is 111 Å². The van der Waals surface area contributed by atoms with Gasteiger partial charge in [-0.2, -0.15) is 15.0 Å². The van der Waals surface area contributed by atoms with Gasteiger partial charge in [0.05, 0.1) is 6.10 Å². The summed E-state index contributed by atoms with van der Waals surface area (Å²) < 4.78 is 5.44. The molecule has 8 heteroatoms. The highest BCUT2D eigenvalue weighted by Gasteiger charge is 2.08. The third kappa shape index (κ3) is 4.02. The van der Waals surface area contributed by atoms with Crippen molar-refractivity contribution >= 4 is 11.9 Å². The lowest BCUT2D eigenvalue weighted by molar-refractivity contribution is 0.222. The fraction of sp³-hybridized carbons (Fsp3) is 0.333. The van der Waals surface area contributed by atoms with Gasteiger partial charge < -0.3 is 10.1 Å². The lowest BCUT2D eigenvalue weighted by Crippen LogP contribution is -2.16. The number of hydrogen-bond acceptors (Lipinski definition) is 8. The molecule has 0 aliphatic rings. The van der Waals surface area contributed by atoms with E-state index < -0.39 is 0 Å². The summed E-state index contributed by atoms with van der Waals surface area (Å²) in [5.74, 6) is 5.96. The highest BCUT2D eigenvalue weighted by molar-refractivity contribution is 5.35. The Morgan fingerprint density at radius 3 is 2.50 bits per heavy atom. The second kappa shape index (κ2) is 6.62. The Bertz CT molecular complexity index is 547. The van der Waals surface area contributed by atoms with E-state index in [1.165, 1.54) is 0 Å². The van der Waals surface area contributed by atoms with E-state index in [2.05, 4.69) is 30.7 Å². The number of aromatic nitrogens is 4. The first-order chi connectivity index (χ1) is 9.67. The van der Waals surface area contributed by atoms with E-state index in [4.69, 9.17) is 10.6 Å². The maximum absolute atomic E-state index is 5.44. The first kappa shape index (κ1) is 13.9. The molecule has 8 nitrogen and oxygen atoms in total. The average molecular weight is 275 g/mol. The van der Waals surface area contributed by atoms with Crippen LogP contribution < -0.4 is 21.3 Å².